The molecule has 1 aliphatic rings. The third-order valence-corrected chi connectivity index (χ3v) is 3.25. The summed E-state index contributed by atoms with van der Waals surface area (Å²) in [6.07, 6.45) is -0.264. The molecule has 0 spiro atoms. The molecule has 1 saturated carbocycles. The van der Waals surface area contributed by atoms with E-state index >= 15 is 0 Å². The number of nitrogens with two attached hydrogens (primary N) is 1. The van der Waals surface area contributed by atoms with Gasteiger partial charge in [-0.25, -0.2) is 8.78 Å². The third-order valence-electron chi connectivity index (χ3n) is 3.25. The molecule has 0 aliphatic heterocycles. The van der Waals surface area contributed by atoms with E-state index < -0.39 is 23.9 Å². The van der Waals surface area contributed by atoms with E-state index in [0.717, 1.165) is 0 Å². The van der Waals surface area contributed by atoms with E-state index in [1.807, 2.05) is 0 Å². The van der Waals surface area contributed by atoms with Crippen LogP contribution in [0.1, 0.15) is 30.5 Å². The lowest BCUT2D eigenvalue weighted by Crippen LogP contribution is -2.42. The summed E-state index contributed by atoms with van der Waals surface area (Å²) in [5.74, 6) is -1.17. The minimum Gasteiger partial charge on any atom is -0.480 e. The van der Waals surface area contributed by atoms with Crippen LogP contribution in [0.3, 0.4) is 0 Å². The van der Waals surface area contributed by atoms with Crippen molar-refractivity contribution >= 4 is 5.97 Å². The zero-order valence-electron chi connectivity index (χ0n) is 9.23. The number of alkyl halides is 2. The number of halogens is 2. The van der Waals surface area contributed by atoms with E-state index in [1.54, 1.807) is 0 Å². The highest BCUT2D eigenvalue weighted by Gasteiger charge is 2.55. The van der Waals surface area contributed by atoms with Crippen LogP contribution in [0.25, 0.3) is 0 Å². The Labute approximate surface area is 96.2 Å². The second kappa shape index (κ2) is 3.76. The Morgan fingerprint density at radius 1 is 1.65 bits per heavy atom. The molecule has 0 amide bonds. The van der Waals surface area contributed by atoms with E-state index in [1.165, 1.54) is 17.9 Å². The molecule has 0 saturated heterocycles. The van der Waals surface area contributed by atoms with Crippen molar-refractivity contribution in [1.82, 2.24) is 9.78 Å². The number of hydrogen-bond acceptors (Lipinski definition) is 3. The van der Waals surface area contributed by atoms with Gasteiger partial charge in [-0.2, -0.15) is 5.10 Å². The number of aryl methyl sites for hydroxylation is 1. The van der Waals surface area contributed by atoms with Crippen LogP contribution in [-0.4, -0.2) is 26.9 Å². The Hall–Kier alpha value is -1.50. The lowest BCUT2D eigenvalue weighted by Gasteiger charge is -2.19. The molecule has 2 rings (SSSR count). The maximum Gasteiger partial charge on any atom is 0.321 e. The number of aromatic nitrogens is 2. The van der Waals surface area contributed by atoms with E-state index in [9.17, 15) is 13.6 Å². The van der Waals surface area contributed by atoms with Crippen molar-refractivity contribution in [2.75, 3.05) is 0 Å². The predicted molar refractivity (Wildman–Crippen MR) is 54.7 cm³/mol. The maximum atomic E-state index is 12.8. The molecule has 1 aromatic heterocycles. The topological polar surface area (TPSA) is 81.1 Å². The first-order valence-electron chi connectivity index (χ1n) is 5.19. The normalized spacial score (nSPS) is 19.4. The fourth-order valence-electron chi connectivity index (χ4n) is 2.17. The van der Waals surface area contributed by atoms with Crippen molar-refractivity contribution in [3.63, 3.8) is 0 Å². The van der Waals surface area contributed by atoms with Crippen LogP contribution in [0.4, 0.5) is 8.78 Å². The molecule has 3 N–H and O–H groups in total. The van der Waals surface area contributed by atoms with Crippen molar-refractivity contribution in [3.05, 3.63) is 17.5 Å². The lowest BCUT2D eigenvalue weighted by atomic mass is 9.89. The van der Waals surface area contributed by atoms with Gasteiger partial charge in [0.2, 0.25) is 0 Å². The molecular weight excluding hydrogens is 232 g/mol. The Morgan fingerprint density at radius 3 is 2.65 bits per heavy atom. The van der Waals surface area contributed by atoms with Crippen LogP contribution in [0, 0.1) is 0 Å². The molecule has 0 radical (unpaired) electrons. The van der Waals surface area contributed by atoms with Gasteiger partial charge < -0.3 is 10.8 Å². The predicted octanol–water partition coefficient (Wildman–Crippen LogP) is 0.801. The van der Waals surface area contributed by atoms with Gasteiger partial charge in [0.15, 0.2) is 0 Å². The van der Waals surface area contributed by atoms with Gasteiger partial charge in [-0.15, -0.1) is 0 Å². The quantitative estimate of drug-likeness (QED) is 0.822. The molecule has 17 heavy (non-hydrogen) atoms. The lowest BCUT2D eigenvalue weighted by molar-refractivity contribution is -0.139. The Balaban J connectivity index is 2.43. The van der Waals surface area contributed by atoms with Crippen molar-refractivity contribution in [2.24, 2.45) is 12.8 Å². The SMILES string of the molecule is Cn1cc(C2(C(N)C(=O)O)CC2)c(C(F)F)n1. The first kappa shape index (κ1) is 12.0. The number of rotatable bonds is 4. The molecule has 1 fully saturated rings. The van der Waals surface area contributed by atoms with Crippen LogP contribution >= 0.6 is 0 Å². The molecule has 1 aliphatic carbocycles. The van der Waals surface area contributed by atoms with Crippen LogP contribution in [-0.2, 0) is 17.3 Å². The molecule has 1 unspecified atom stereocenters. The summed E-state index contributed by atoms with van der Waals surface area (Å²) in [5, 5.41) is 12.6. The molecule has 94 valence electrons. The highest BCUT2D eigenvalue weighted by molar-refractivity contribution is 5.77. The molecule has 0 aromatic carbocycles. The van der Waals surface area contributed by atoms with Crippen molar-refractivity contribution in [3.8, 4) is 0 Å². The third kappa shape index (κ3) is 1.80. The van der Waals surface area contributed by atoms with Crippen LogP contribution in [0.2, 0.25) is 0 Å². The smallest absolute Gasteiger partial charge is 0.321 e. The van der Waals surface area contributed by atoms with Crippen LogP contribution in [0.5, 0.6) is 0 Å². The van der Waals surface area contributed by atoms with E-state index in [-0.39, 0.29) is 11.3 Å². The summed E-state index contributed by atoms with van der Waals surface area (Å²) < 4.78 is 26.9. The van der Waals surface area contributed by atoms with Crippen LogP contribution < -0.4 is 5.73 Å². The van der Waals surface area contributed by atoms with Crippen molar-refractivity contribution in [2.45, 2.75) is 30.7 Å². The van der Waals surface area contributed by atoms with Gasteiger partial charge in [0, 0.05) is 24.2 Å². The van der Waals surface area contributed by atoms with Gasteiger partial charge in [0.1, 0.15) is 11.7 Å². The standard InChI is InChI=1S/C10H13F2N3O2/c1-15-4-5(6(14-15)8(11)12)10(2-3-10)7(13)9(16)17/h4,7-8H,2-3,13H2,1H3,(H,16,17). The molecule has 5 nitrogen and oxygen atoms in total. The van der Waals surface area contributed by atoms with Crippen LogP contribution in [0.15, 0.2) is 6.20 Å². The summed E-state index contributed by atoms with van der Waals surface area (Å²) >= 11 is 0. The maximum absolute atomic E-state index is 12.8. The zero-order chi connectivity index (χ0) is 12.8. The first-order valence-corrected chi connectivity index (χ1v) is 5.19. The highest BCUT2D eigenvalue weighted by Crippen LogP contribution is 2.52. The molecular formula is C10H13F2N3O2. The monoisotopic (exact) mass is 245 g/mol. The summed E-state index contributed by atoms with van der Waals surface area (Å²) in [4.78, 5) is 10.9. The fraction of sp³-hybridized carbons (Fsp3) is 0.600. The first-order chi connectivity index (χ1) is 7.88. The van der Waals surface area contributed by atoms with Gasteiger partial charge in [0.25, 0.3) is 6.43 Å². The van der Waals surface area contributed by atoms with Crippen molar-refractivity contribution in [1.29, 1.82) is 0 Å². The number of hydrogen-bond donors (Lipinski definition) is 2. The summed E-state index contributed by atoms with van der Waals surface area (Å²) in [6.45, 7) is 0. The number of carboxylic acid groups (broad SMARTS) is 1. The zero-order valence-corrected chi connectivity index (χ0v) is 9.23. The van der Waals surface area contributed by atoms with Gasteiger partial charge in [-0.05, 0) is 12.8 Å². The summed E-state index contributed by atoms with van der Waals surface area (Å²) in [7, 11) is 1.53. The van der Waals surface area contributed by atoms with Gasteiger partial charge >= 0.3 is 5.97 Å². The number of aliphatic carboxylic acids is 1. The Bertz CT molecular complexity index is 454. The molecule has 1 aromatic rings. The average molecular weight is 245 g/mol. The largest absolute Gasteiger partial charge is 0.480 e. The molecule has 1 atom stereocenters. The van der Waals surface area contributed by atoms with Gasteiger partial charge in [-0.3, -0.25) is 9.48 Å². The number of carboxylic acids is 1. The Kier molecular flexibility index (Phi) is 2.65. The van der Waals surface area contributed by atoms with E-state index in [4.69, 9.17) is 10.8 Å². The Morgan fingerprint density at radius 2 is 2.24 bits per heavy atom. The molecule has 1 heterocycles. The van der Waals surface area contributed by atoms with Crippen molar-refractivity contribution < 1.29 is 18.7 Å². The number of carbonyl (C=O) groups is 1. The summed E-state index contributed by atoms with van der Waals surface area (Å²) in [6, 6.07) is -1.16. The van der Waals surface area contributed by atoms with E-state index in [0.29, 0.717) is 12.8 Å². The average Bonchev–Trinajstić information content (AvgIpc) is 2.95. The second-order valence-corrected chi connectivity index (χ2v) is 4.37. The molecule has 0 bridgehead atoms. The minimum atomic E-state index is -2.72. The highest BCUT2D eigenvalue weighted by atomic mass is 19.3. The minimum absolute atomic E-state index is 0.268. The molecule has 7 heteroatoms. The fourth-order valence-corrected chi connectivity index (χ4v) is 2.17. The second-order valence-electron chi connectivity index (χ2n) is 4.37. The number of nitrogens with zero attached hydrogens (tertiary/aromatic N) is 2. The van der Waals surface area contributed by atoms with Gasteiger partial charge in [0.05, 0.1) is 0 Å². The van der Waals surface area contributed by atoms with Gasteiger partial charge in [-0.1, -0.05) is 0 Å². The van der Waals surface area contributed by atoms with E-state index in [2.05, 4.69) is 5.10 Å². The summed E-state index contributed by atoms with van der Waals surface area (Å²) in [5.41, 5.74) is 4.63.